The molecule has 0 bridgehead atoms. The number of pyridine rings is 2. The summed E-state index contributed by atoms with van der Waals surface area (Å²) in [6.45, 7) is 0.304. The van der Waals surface area contributed by atoms with Crippen LogP contribution in [0.3, 0.4) is 0 Å². The molecule has 24 heavy (non-hydrogen) atoms. The first-order chi connectivity index (χ1) is 11.5. The van der Waals surface area contributed by atoms with Gasteiger partial charge in [-0.3, -0.25) is 9.59 Å². The largest absolute Gasteiger partial charge is 0.505 e. The molecule has 2 aromatic heterocycles. The van der Waals surface area contributed by atoms with Crippen LogP contribution in [0.15, 0.2) is 47.4 Å². The van der Waals surface area contributed by atoms with Crippen LogP contribution in [-0.2, 0) is 6.54 Å². The third-order valence-corrected chi connectivity index (χ3v) is 3.64. The monoisotopic (exact) mass is 320 g/mol. The zero-order valence-electron chi connectivity index (χ0n) is 12.4. The molecule has 7 heteroatoms. The number of primary amides is 1. The van der Waals surface area contributed by atoms with Gasteiger partial charge < -0.3 is 15.4 Å². The quantitative estimate of drug-likeness (QED) is 0.749. The van der Waals surface area contributed by atoms with Gasteiger partial charge in [0.2, 0.25) is 0 Å². The fraction of sp³-hybridized carbons (Fsp3) is 0.0588. The minimum absolute atomic E-state index is 0.0431. The minimum atomic E-state index is -0.973. The van der Waals surface area contributed by atoms with Crippen LogP contribution >= 0.6 is 0 Å². The molecule has 0 unspecified atom stereocenters. The van der Waals surface area contributed by atoms with Gasteiger partial charge in [0.1, 0.15) is 6.07 Å². The fourth-order valence-corrected chi connectivity index (χ4v) is 2.51. The van der Waals surface area contributed by atoms with E-state index in [4.69, 9.17) is 5.73 Å². The summed E-state index contributed by atoms with van der Waals surface area (Å²) >= 11 is 0. The summed E-state index contributed by atoms with van der Waals surface area (Å²) in [6, 6.07) is 12.6. The van der Waals surface area contributed by atoms with E-state index in [2.05, 4.69) is 4.98 Å². The first kappa shape index (κ1) is 15.2. The zero-order valence-corrected chi connectivity index (χ0v) is 12.4. The zero-order chi connectivity index (χ0) is 17.3. The Morgan fingerprint density at radius 2 is 2.00 bits per heavy atom. The molecule has 0 fully saturated rings. The molecule has 0 aliphatic carbocycles. The second-order valence-corrected chi connectivity index (χ2v) is 5.16. The van der Waals surface area contributed by atoms with Crippen molar-refractivity contribution in [1.29, 1.82) is 5.26 Å². The van der Waals surface area contributed by atoms with Gasteiger partial charge in [0.05, 0.1) is 11.9 Å². The lowest BCUT2D eigenvalue weighted by atomic mass is 10.1. The first-order valence-corrected chi connectivity index (χ1v) is 7.03. The standard InChI is InChI=1S/C17H12N4O3/c18-8-12-13-11(15(22)14(20-12)16(19)23)6-7-21(17(13)24)9-10-4-2-1-3-5-10/h1-7,22H,9H2,(H2,19,23). The second-order valence-electron chi connectivity index (χ2n) is 5.16. The van der Waals surface area contributed by atoms with E-state index in [1.807, 2.05) is 30.3 Å². The Kier molecular flexibility index (Phi) is 3.72. The van der Waals surface area contributed by atoms with E-state index >= 15 is 0 Å². The molecular weight excluding hydrogens is 308 g/mol. The highest BCUT2D eigenvalue weighted by Crippen LogP contribution is 2.27. The number of carbonyl (C=O) groups is 1. The summed E-state index contributed by atoms with van der Waals surface area (Å²) in [6.07, 6.45) is 1.49. The third kappa shape index (κ3) is 2.46. The summed E-state index contributed by atoms with van der Waals surface area (Å²) in [5.41, 5.74) is 4.89. The molecule has 1 aromatic carbocycles. The topological polar surface area (TPSA) is 122 Å². The average molecular weight is 320 g/mol. The molecule has 2 heterocycles. The molecule has 118 valence electrons. The lowest BCUT2D eigenvalue weighted by Crippen LogP contribution is -2.22. The van der Waals surface area contributed by atoms with Crippen molar-refractivity contribution in [2.24, 2.45) is 5.73 Å². The number of nitriles is 1. The fourth-order valence-electron chi connectivity index (χ4n) is 2.51. The van der Waals surface area contributed by atoms with Gasteiger partial charge in [0.25, 0.3) is 11.5 Å². The van der Waals surface area contributed by atoms with Gasteiger partial charge >= 0.3 is 0 Å². The van der Waals surface area contributed by atoms with Crippen molar-refractivity contribution >= 4 is 16.7 Å². The van der Waals surface area contributed by atoms with E-state index in [1.165, 1.54) is 16.8 Å². The number of rotatable bonds is 3. The van der Waals surface area contributed by atoms with Crippen molar-refractivity contribution in [2.45, 2.75) is 6.54 Å². The van der Waals surface area contributed by atoms with Crippen molar-refractivity contribution in [2.75, 3.05) is 0 Å². The molecule has 3 rings (SSSR count). The van der Waals surface area contributed by atoms with Gasteiger partial charge in [-0.25, -0.2) is 4.98 Å². The predicted molar refractivity (Wildman–Crippen MR) is 86.4 cm³/mol. The SMILES string of the molecule is N#Cc1nc(C(N)=O)c(O)c2ccn(Cc3ccccc3)c(=O)c12. The van der Waals surface area contributed by atoms with Crippen molar-refractivity contribution < 1.29 is 9.90 Å². The van der Waals surface area contributed by atoms with Crippen LogP contribution in [0.5, 0.6) is 5.75 Å². The van der Waals surface area contributed by atoms with E-state index in [0.29, 0.717) is 6.54 Å². The molecule has 0 saturated heterocycles. The third-order valence-electron chi connectivity index (χ3n) is 3.64. The van der Waals surface area contributed by atoms with Crippen LogP contribution in [0.4, 0.5) is 0 Å². The van der Waals surface area contributed by atoms with E-state index in [9.17, 15) is 20.0 Å². The molecule has 0 saturated carbocycles. The number of hydrogen-bond donors (Lipinski definition) is 2. The van der Waals surface area contributed by atoms with Gasteiger partial charge in [0, 0.05) is 11.6 Å². The number of amides is 1. The Morgan fingerprint density at radius 3 is 2.62 bits per heavy atom. The van der Waals surface area contributed by atoms with Gasteiger partial charge in [-0.15, -0.1) is 0 Å². The van der Waals surface area contributed by atoms with Crippen LogP contribution < -0.4 is 11.3 Å². The summed E-state index contributed by atoms with van der Waals surface area (Å²) in [4.78, 5) is 27.8. The van der Waals surface area contributed by atoms with E-state index in [0.717, 1.165) is 5.56 Å². The Balaban J connectivity index is 2.26. The summed E-state index contributed by atoms with van der Waals surface area (Å²) in [5, 5.41) is 19.4. The van der Waals surface area contributed by atoms with Gasteiger partial charge in [0.15, 0.2) is 17.1 Å². The van der Waals surface area contributed by atoms with Crippen LogP contribution in [0.1, 0.15) is 21.7 Å². The van der Waals surface area contributed by atoms with Crippen molar-refractivity contribution in [1.82, 2.24) is 9.55 Å². The van der Waals surface area contributed by atoms with E-state index < -0.39 is 22.9 Å². The highest BCUT2D eigenvalue weighted by Gasteiger charge is 2.20. The molecule has 1 amide bonds. The molecule has 0 atom stereocenters. The van der Waals surface area contributed by atoms with Crippen LogP contribution in [-0.4, -0.2) is 20.6 Å². The number of hydrogen-bond acceptors (Lipinski definition) is 5. The van der Waals surface area contributed by atoms with Crippen molar-refractivity contribution in [3.63, 3.8) is 0 Å². The van der Waals surface area contributed by atoms with Crippen LogP contribution in [0.2, 0.25) is 0 Å². The Hall–Kier alpha value is -3.66. The number of nitrogens with zero attached hydrogens (tertiary/aromatic N) is 3. The second kappa shape index (κ2) is 5.85. The van der Waals surface area contributed by atoms with E-state index in [-0.39, 0.29) is 16.5 Å². The highest BCUT2D eigenvalue weighted by atomic mass is 16.3. The summed E-state index contributed by atoms with van der Waals surface area (Å²) in [7, 11) is 0. The lowest BCUT2D eigenvalue weighted by Gasteiger charge is -2.10. The Labute approximate surface area is 136 Å². The summed E-state index contributed by atoms with van der Waals surface area (Å²) < 4.78 is 1.41. The maximum absolute atomic E-state index is 12.7. The van der Waals surface area contributed by atoms with Crippen LogP contribution in [0.25, 0.3) is 10.8 Å². The van der Waals surface area contributed by atoms with Gasteiger partial charge in [-0.1, -0.05) is 30.3 Å². The number of aromatic nitrogens is 2. The lowest BCUT2D eigenvalue weighted by molar-refractivity contribution is 0.0993. The van der Waals surface area contributed by atoms with Gasteiger partial charge in [-0.05, 0) is 11.6 Å². The molecule has 0 aliphatic rings. The molecule has 3 aromatic rings. The van der Waals surface area contributed by atoms with Crippen molar-refractivity contribution in [3.8, 4) is 11.8 Å². The number of fused-ring (bicyclic) bond motifs is 1. The normalized spacial score (nSPS) is 10.5. The first-order valence-electron chi connectivity index (χ1n) is 7.03. The maximum atomic E-state index is 12.7. The summed E-state index contributed by atoms with van der Waals surface area (Å²) in [5.74, 6) is -1.47. The Morgan fingerprint density at radius 1 is 1.29 bits per heavy atom. The van der Waals surface area contributed by atoms with Crippen LogP contribution in [0, 0.1) is 11.3 Å². The molecule has 0 radical (unpaired) electrons. The molecule has 0 spiro atoms. The highest BCUT2D eigenvalue weighted by molar-refractivity contribution is 6.02. The van der Waals surface area contributed by atoms with Gasteiger partial charge in [-0.2, -0.15) is 5.26 Å². The minimum Gasteiger partial charge on any atom is -0.505 e. The number of benzene rings is 1. The Bertz CT molecular complexity index is 1050. The molecular formula is C17H12N4O3. The smallest absolute Gasteiger partial charge is 0.271 e. The van der Waals surface area contributed by atoms with E-state index in [1.54, 1.807) is 6.07 Å². The predicted octanol–water partition coefficient (Wildman–Crippen LogP) is 1.12. The number of carbonyl (C=O) groups excluding carboxylic acids is 1. The maximum Gasteiger partial charge on any atom is 0.271 e. The molecule has 3 N–H and O–H groups in total. The average Bonchev–Trinajstić information content (AvgIpc) is 2.58. The molecule has 7 nitrogen and oxygen atoms in total. The van der Waals surface area contributed by atoms with Crippen molar-refractivity contribution in [3.05, 3.63) is 69.9 Å². The number of nitrogens with two attached hydrogens (primary N) is 1. The molecule has 0 aliphatic heterocycles. The number of aromatic hydroxyl groups is 1.